The molecule has 1 aromatic heterocycles. The largest absolute Gasteiger partial charge is 0.371 e. The maximum absolute atomic E-state index is 11.9. The molecule has 0 aliphatic carbocycles. The van der Waals surface area contributed by atoms with Crippen LogP contribution in [0.15, 0.2) is 18.3 Å². The van der Waals surface area contributed by atoms with Gasteiger partial charge in [-0.2, -0.15) is 0 Å². The highest BCUT2D eigenvalue weighted by Crippen LogP contribution is 2.12. The van der Waals surface area contributed by atoms with E-state index < -0.39 is 0 Å². The Hall–Kier alpha value is -0.830. The summed E-state index contributed by atoms with van der Waals surface area (Å²) in [6, 6.07) is 3.50. The maximum atomic E-state index is 11.9. The summed E-state index contributed by atoms with van der Waals surface area (Å²) in [4.78, 5) is 5.66. The van der Waals surface area contributed by atoms with E-state index >= 15 is 0 Å². The fourth-order valence-corrected chi connectivity index (χ4v) is 0.961. The van der Waals surface area contributed by atoms with E-state index in [0.717, 1.165) is 5.69 Å². The zero-order chi connectivity index (χ0) is 8.97. The van der Waals surface area contributed by atoms with Gasteiger partial charge in [0.2, 0.25) is 0 Å². The van der Waals surface area contributed by atoms with Crippen molar-refractivity contribution in [1.82, 2.24) is 4.98 Å². The zero-order valence-electron chi connectivity index (χ0n) is 6.80. The standard InChI is InChI=1S/C8H10ClFN2/c1-12(5-4-10)7-2-3-8(9)11-6-7/h2-3,6H,4-5H2,1H3. The van der Waals surface area contributed by atoms with Gasteiger partial charge in [0, 0.05) is 13.6 Å². The molecule has 0 aliphatic rings. The van der Waals surface area contributed by atoms with Crippen LogP contribution in [-0.4, -0.2) is 25.3 Å². The summed E-state index contributed by atoms with van der Waals surface area (Å²) < 4.78 is 11.9. The summed E-state index contributed by atoms with van der Waals surface area (Å²) in [7, 11) is 1.81. The number of pyridine rings is 1. The first kappa shape index (κ1) is 9.26. The van der Waals surface area contributed by atoms with Crippen molar-refractivity contribution in [3.63, 3.8) is 0 Å². The molecule has 1 aromatic rings. The minimum atomic E-state index is -0.362. The van der Waals surface area contributed by atoms with Crippen LogP contribution in [0.3, 0.4) is 0 Å². The second-order valence-corrected chi connectivity index (χ2v) is 2.84. The monoisotopic (exact) mass is 188 g/mol. The summed E-state index contributed by atoms with van der Waals surface area (Å²) in [5.74, 6) is 0. The number of halogens is 2. The fourth-order valence-electron chi connectivity index (χ4n) is 0.850. The molecule has 0 N–H and O–H groups in total. The number of hydrogen-bond acceptors (Lipinski definition) is 2. The molecular weight excluding hydrogens is 179 g/mol. The Morgan fingerprint density at radius 1 is 1.58 bits per heavy atom. The molecule has 12 heavy (non-hydrogen) atoms. The molecule has 0 aliphatic heterocycles. The van der Waals surface area contributed by atoms with Gasteiger partial charge < -0.3 is 4.90 Å². The van der Waals surface area contributed by atoms with E-state index in [-0.39, 0.29) is 6.67 Å². The van der Waals surface area contributed by atoms with Gasteiger partial charge in [0.1, 0.15) is 11.8 Å². The lowest BCUT2D eigenvalue weighted by Gasteiger charge is -2.16. The quantitative estimate of drug-likeness (QED) is 0.676. The molecule has 0 amide bonds. The number of aromatic nitrogens is 1. The molecule has 0 spiro atoms. The lowest BCUT2D eigenvalue weighted by atomic mass is 10.4. The van der Waals surface area contributed by atoms with Gasteiger partial charge in [-0.15, -0.1) is 0 Å². The Morgan fingerprint density at radius 3 is 2.83 bits per heavy atom. The summed E-state index contributed by atoms with van der Waals surface area (Å²) in [6.45, 7) is 0.0163. The van der Waals surface area contributed by atoms with E-state index in [2.05, 4.69) is 4.98 Å². The Balaban J connectivity index is 2.68. The lowest BCUT2D eigenvalue weighted by molar-refractivity contribution is 0.497. The molecule has 0 radical (unpaired) electrons. The molecule has 0 atom stereocenters. The summed E-state index contributed by atoms with van der Waals surface area (Å²) in [5, 5.41) is 0.451. The predicted molar refractivity (Wildman–Crippen MR) is 48.5 cm³/mol. The highest BCUT2D eigenvalue weighted by atomic mass is 35.5. The predicted octanol–water partition coefficient (Wildman–Crippen LogP) is 2.14. The average molecular weight is 189 g/mol. The van der Waals surface area contributed by atoms with Crippen LogP contribution in [0.5, 0.6) is 0 Å². The molecule has 0 saturated heterocycles. The van der Waals surface area contributed by atoms with Crippen molar-refractivity contribution in [1.29, 1.82) is 0 Å². The van der Waals surface area contributed by atoms with Gasteiger partial charge in [-0.1, -0.05) is 11.6 Å². The van der Waals surface area contributed by atoms with Gasteiger partial charge in [-0.25, -0.2) is 9.37 Å². The van der Waals surface area contributed by atoms with Crippen molar-refractivity contribution in [3.05, 3.63) is 23.5 Å². The summed E-state index contributed by atoms with van der Waals surface area (Å²) >= 11 is 5.59. The zero-order valence-corrected chi connectivity index (χ0v) is 7.55. The molecular formula is C8H10ClFN2. The first-order chi connectivity index (χ1) is 5.74. The highest BCUT2D eigenvalue weighted by Gasteiger charge is 1.99. The summed E-state index contributed by atoms with van der Waals surface area (Å²) in [6.07, 6.45) is 1.62. The van der Waals surface area contributed by atoms with Gasteiger partial charge >= 0.3 is 0 Å². The number of anilines is 1. The van der Waals surface area contributed by atoms with Gasteiger partial charge in [0.05, 0.1) is 11.9 Å². The maximum Gasteiger partial charge on any atom is 0.129 e. The van der Waals surface area contributed by atoms with E-state index in [1.165, 1.54) is 0 Å². The number of rotatable bonds is 3. The second kappa shape index (κ2) is 4.26. The molecule has 0 saturated carbocycles. The highest BCUT2D eigenvalue weighted by molar-refractivity contribution is 6.29. The molecule has 0 unspecified atom stereocenters. The van der Waals surface area contributed by atoms with Crippen LogP contribution >= 0.6 is 11.6 Å². The SMILES string of the molecule is CN(CCF)c1ccc(Cl)nc1. The van der Waals surface area contributed by atoms with Crippen molar-refractivity contribution >= 4 is 17.3 Å². The third-order valence-electron chi connectivity index (χ3n) is 1.57. The Morgan fingerprint density at radius 2 is 2.33 bits per heavy atom. The molecule has 0 bridgehead atoms. The molecule has 4 heteroatoms. The topological polar surface area (TPSA) is 16.1 Å². The minimum Gasteiger partial charge on any atom is -0.371 e. The average Bonchev–Trinajstić information content (AvgIpc) is 2.06. The van der Waals surface area contributed by atoms with Crippen LogP contribution in [0, 0.1) is 0 Å². The second-order valence-electron chi connectivity index (χ2n) is 2.45. The molecule has 66 valence electrons. The van der Waals surface area contributed by atoms with E-state index in [1.807, 2.05) is 13.1 Å². The summed E-state index contributed by atoms with van der Waals surface area (Å²) in [5.41, 5.74) is 0.872. The van der Waals surface area contributed by atoms with Crippen LogP contribution in [0.25, 0.3) is 0 Å². The smallest absolute Gasteiger partial charge is 0.129 e. The molecule has 2 nitrogen and oxygen atoms in total. The number of alkyl halides is 1. The van der Waals surface area contributed by atoms with Crippen LogP contribution in [0.2, 0.25) is 5.15 Å². The Kier molecular flexibility index (Phi) is 3.29. The van der Waals surface area contributed by atoms with Gasteiger partial charge in [0.25, 0.3) is 0 Å². The third kappa shape index (κ3) is 2.34. The molecule has 0 aromatic carbocycles. The van der Waals surface area contributed by atoms with Crippen LogP contribution in [-0.2, 0) is 0 Å². The Bertz CT molecular complexity index is 237. The van der Waals surface area contributed by atoms with Gasteiger partial charge in [-0.3, -0.25) is 0 Å². The first-order valence-electron chi connectivity index (χ1n) is 3.62. The van der Waals surface area contributed by atoms with E-state index in [1.54, 1.807) is 17.2 Å². The number of nitrogens with zero attached hydrogens (tertiary/aromatic N) is 2. The van der Waals surface area contributed by atoms with Crippen molar-refractivity contribution in [2.45, 2.75) is 0 Å². The number of hydrogen-bond donors (Lipinski definition) is 0. The molecule has 1 rings (SSSR count). The lowest BCUT2D eigenvalue weighted by Crippen LogP contribution is -2.19. The van der Waals surface area contributed by atoms with E-state index in [4.69, 9.17) is 11.6 Å². The molecule has 1 heterocycles. The Labute approximate surface area is 76.0 Å². The first-order valence-corrected chi connectivity index (χ1v) is 4.00. The van der Waals surface area contributed by atoms with E-state index in [0.29, 0.717) is 11.7 Å². The van der Waals surface area contributed by atoms with Crippen molar-refractivity contribution in [2.24, 2.45) is 0 Å². The van der Waals surface area contributed by atoms with Crippen LogP contribution in [0.4, 0.5) is 10.1 Å². The van der Waals surface area contributed by atoms with Crippen molar-refractivity contribution in [2.75, 3.05) is 25.2 Å². The van der Waals surface area contributed by atoms with E-state index in [9.17, 15) is 4.39 Å². The molecule has 0 fully saturated rings. The third-order valence-corrected chi connectivity index (χ3v) is 1.80. The fraction of sp³-hybridized carbons (Fsp3) is 0.375. The van der Waals surface area contributed by atoms with Crippen LogP contribution in [0.1, 0.15) is 0 Å². The van der Waals surface area contributed by atoms with Gasteiger partial charge in [-0.05, 0) is 12.1 Å². The van der Waals surface area contributed by atoms with Crippen LogP contribution < -0.4 is 4.90 Å². The van der Waals surface area contributed by atoms with Crippen molar-refractivity contribution < 1.29 is 4.39 Å². The van der Waals surface area contributed by atoms with Gasteiger partial charge in [0.15, 0.2) is 0 Å². The normalized spacial score (nSPS) is 9.92. The minimum absolute atomic E-state index is 0.362. The van der Waals surface area contributed by atoms with Crippen molar-refractivity contribution in [3.8, 4) is 0 Å².